The van der Waals surface area contributed by atoms with E-state index in [9.17, 15) is 9.59 Å². The number of unbranched alkanes of at least 4 members (excludes halogenated alkanes) is 1. The molecule has 2 fully saturated rings. The summed E-state index contributed by atoms with van der Waals surface area (Å²) in [5.41, 5.74) is 1.36. The predicted molar refractivity (Wildman–Crippen MR) is 113 cm³/mol. The highest BCUT2D eigenvalue weighted by atomic mass is 35.5. The third kappa shape index (κ3) is 3.61. The molecule has 0 bridgehead atoms. The number of hydroxylamine groups is 1. The van der Waals surface area contributed by atoms with Crippen LogP contribution in [0.25, 0.3) is 0 Å². The van der Waals surface area contributed by atoms with Crippen molar-refractivity contribution in [1.29, 1.82) is 0 Å². The lowest BCUT2D eigenvalue weighted by Crippen LogP contribution is -2.37. The molecule has 2 aliphatic heterocycles. The average molecular weight is 454 g/mol. The summed E-state index contributed by atoms with van der Waals surface area (Å²) in [5, 5.41) is 3.07. The summed E-state index contributed by atoms with van der Waals surface area (Å²) in [7, 11) is 0. The Kier molecular flexibility index (Phi) is 5.76. The number of imide groups is 1. The highest BCUT2D eigenvalue weighted by Gasteiger charge is 2.59. The quantitative estimate of drug-likeness (QED) is 0.577. The van der Waals surface area contributed by atoms with Crippen LogP contribution in [0, 0.1) is 5.92 Å². The molecule has 152 valence electrons. The summed E-state index contributed by atoms with van der Waals surface area (Å²) >= 11 is 18.6. The van der Waals surface area contributed by atoms with Gasteiger partial charge in [-0.25, -0.2) is 5.06 Å². The molecule has 3 unspecified atom stereocenters. The van der Waals surface area contributed by atoms with Crippen LogP contribution in [-0.4, -0.2) is 29.4 Å². The van der Waals surface area contributed by atoms with Gasteiger partial charge >= 0.3 is 0 Å². The van der Waals surface area contributed by atoms with Gasteiger partial charge in [0.2, 0.25) is 5.91 Å². The van der Waals surface area contributed by atoms with Crippen LogP contribution in [0.1, 0.15) is 31.4 Å². The second-order valence-corrected chi connectivity index (χ2v) is 8.43. The number of benzene rings is 2. The van der Waals surface area contributed by atoms with Gasteiger partial charge in [0.05, 0.1) is 11.7 Å². The van der Waals surface area contributed by atoms with E-state index in [2.05, 4.69) is 0 Å². The fourth-order valence-electron chi connectivity index (χ4n) is 3.88. The van der Waals surface area contributed by atoms with E-state index in [1.807, 2.05) is 6.92 Å². The first-order chi connectivity index (χ1) is 13.9. The van der Waals surface area contributed by atoms with Crippen molar-refractivity contribution in [2.45, 2.75) is 31.9 Å². The number of halogens is 3. The number of anilines is 1. The summed E-state index contributed by atoms with van der Waals surface area (Å²) in [6.07, 6.45) is 0.757. The van der Waals surface area contributed by atoms with E-state index < -0.39 is 18.1 Å². The zero-order valence-corrected chi connectivity index (χ0v) is 17.9. The van der Waals surface area contributed by atoms with Crippen LogP contribution in [0.2, 0.25) is 15.1 Å². The Morgan fingerprint density at radius 2 is 1.66 bits per heavy atom. The van der Waals surface area contributed by atoms with Gasteiger partial charge in [-0.2, -0.15) is 0 Å². The predicted octanol–water partition coefficient (Wildman–Crippen LogP) is 5.29. The maximum atomic E-state index is 13.2. The second kappa shape index (κ2) is 8.15. The molecule has 3 atom stereocenters. The molecule has 2 aliphatic rings. The molecule has 2 saturated heterocycles. The third-order valence-corrected chi connectivity index (χ3v) is 6.12. The van der Waals surface area contributed by atoms with E-state index in [1.165, 1.54) is 4.90 Å². The lowest BCUT2D eigenvalue weighted by molar-refractivity contribution is -0.143. The van der Waals surface area contributed by atoms with Gasteiger partial charge in [-0.15, -0.1) is 0 Å². The van der Waals surface area contributed by atoms with E-state index in [1.54, 1.807) is 47.5 Å². The molecule has 2 amide bonds. The van der Waals surface area contributed by atoms with Crippen molar-refractivity contribution in [2.24, 2.45) is 5.92 Å². The first-order valence-corrected chi connectivity index (χ1v) is 10.6. The summed E-state index contributed by atoms with van der Waals surface area (Å²) in [6, 6.07) is 11.6. The minimum absolute atomic E-state index is 0.235. The number of fused-ring (bicyclic) bond motifs is 1. The Morgan fingerprint density at radius 1 is 0.966 bits per heavy atom. The Hall–Kier alpha value is -1.79. The van der Waals surface area contributed by atoms with Crippen LogP contribution in [0.4, 0.5) is 5.69 Å². The van der Waals surface area contributed by atoms with Crippen molar-refractivity contribution >= 4 is 52.3 Å². The van der Waals surface area contributed by atoms with E-state index in [0.29, 0.717) is 32.9 Å². The molecule has 29 heavy (non-hydrogen) atoms. The zero-order valence-electron chi connectivity index (χ0n) is 15.6. The molecule has 0 N–H and O–H groups in total. The standard InChI is InChI=1S/C21H19Cl3N2O3/c1-2-3-10-25-20(27)17-18(15-9-6-13(23)11-16(15)24)26(29-19(17)21(25)28)14-7-4-12(22)5-8-14/h4-9,11,17-19H,2-3,10H2,1H3. The SMILES string of the molecule is CCCCN1C(=O)C2ON(c3ccc(Cl)cc3)C(c3ccc(Cl)cc3Cl)C2C1=O. The van der Waals surface area contributed by atoms with Gasteiger partial charge in [0.25, 0.3) is 5.91 Å². The van der Waals surface area contributed by atoms with Crippen LogP contribution >= 0.6 is 34.8 Å². The lowest BCUT2D eigenvalue weighted by Gasteiger charge is -2.29. The summed E-state index contributed by atoms with van der Waals surface area (Å²) in [4.78, 5) is 33.5. The minimum Gasteiger partial charge on any atom is -0.280 e. The highest BCUT2D eigenvalue weighted by Crippen LogP contribution is 2.48. The summed E-state index contributed by atoms with van der Waals surface area (Å²) < 4.78 is 0. The molecule has 5 nitrogen and oxygen atoms in total. The third-order valence-electron chi connectivity index (χ3n) is 5.30. The number of nitrogens with zero attached hydrogens (tertiary/aromatic N) is 2. The molecule has 0 aromatic heterocycles. The Morgan fingerprint density at radius 3 is 2.31 bits per heavy atom. The number of carbonyl (C=O) groups is 2. The summed E-state index contributed by atoms with van der Waals surface area (Å²) in [6.45, 7) is 2.41. The lowest BCUT2D eigenvalue weighted by atomic mass is 9.90. The Bertz CT molecular complexity index is 951. The minimum atomic E-state index is -0.883. The molecule has 0 aliphatic carbocycles. The Labute approximate surface area is 184 Å². The monoisotopic (exact) mass is 452 g/mol. The second-order valence-electron chi connectivity index (χ2n) is 7.15. The van der Waals surface area contributed by atoms with E-state index >= 15 is 0 Å². The van der Waals surface area contributed by atoms with Crippen molar-refractivity contribution < 1.29 is 14.4 Å². The van der Waals surface area contributed by atoms with Gasteiger partial charge in [0.15, 0.2) is 6.10 Å². The van der Waals surface area contributed by atoms with Crippen LogP contribution in [0.15, 0.2) is 42.5 Å². The van der Waals surface area contributed by atoms with Gasteiger partial charge in [-0.1, -0.05) is 54.2 Å². The van der Waals surface area contributed by atoms with Gasteiger partial charge in [-0.3, -0.25) is 19.3 Å². The van der Waals surface area contributed by atoms with Crippen molar-refractivity contribution in [2.75, 3.05) is 11.6 Å². The number of amides is 2. The maximum absolute atomic E-state index is 13.2. The number of rotatable bonds is 5. The summed E-state index contributed by atoms with van der Waals surface area (Å²) in [5.74, 6) is -1.23. The van der Waals surface area contributed by atoms with Crippen LogP contribution in [0.5, 0.6) is 0 Å². The molecule has 2 aromatic rings. The van der Waals surface area contributed by atoms with Gasteiger partial charge in [0.1, 0.15) is 5.92 Å². The molecule has 2 aromatic carbocycles. The molecular weight excluding hydrogens is 435 g/mol. The maximum Gasteiger partial charge on any atom is 0.261 e. The molecule has 0 spiro atoms. The number of likely N-dealkylation sites (tertiary alicyclic amines) is 1. The van der Waals surface area contributed by atoms with Crippen molar-refractivity contribution in [1.82, 2.24) is 4.90 Å². The van der Waals surface area contributed by atoms with Crippen molar-refractivity contribution in [3.8, 4) is 0 Å². The molecule has 4 rings (SSSR count). The molecule has 0 saturated carbocycles. The number of hydrogen-bond acceptors (Lipinski definition) is 4. The molecule has 8 heteroatoms. The topological polar surface area (TPSA) is 49.9 Å². The van der Waals surface area contributed by atoms with Crippen LogP contribution in [-0.2, 0) is 14.4 Å². The number of hydrogen-bond donors (Lipinski definition) is 0. The average Bonchev–Trinajstić information content (AvgIpc) is 3.18. The fourth-order valence-corrected chi connectivity index (χ4v) is 4.52. The van der Waals surface area contributed by atoms with Crippen LogP contribution in [0.3, 0.4) is 0 Å². The molecular formula is C21H19Cl3N2O3. The molecule has 2 heterocycles. The highest BCUT2D eigenvalue weighted by molar-refractivity contribution is 6.35. The van der Waals surface area contributed by atoms with Gasteiger partial charge in [0, 0.05) is 21.6 Å². The number of carbonyl (C=O) groups excluding carboxylic acids is 2. The Balaban J connectivity index is 1.77. The van der Waals surface area contributed by atoms with Crippen molar-refractivity contribution in [3.05, 3.63) is 63.1 Å². The smallest absolute Gasteiger partial charge is 0.261 e. The first-order valence-electron chi connectivity index (χ1n) is 9.44. The van der Waals surface area contributed by atoms with E-state index in [4.69, 9.17) is 39.6 Å². The van der Waals surface area contributed by atoms with Gasteiger partial charge < -0.3 is 0 Å². The van der Waals surface area contributed by atoms with Crippen LogP contribution < -0.4 is 5.06 Å². The van der Waals surface area contributed by atoms with Crippen molar-refractivity contribution in [3.63, 3.8) is 0 Å². The first kappa shape index (κ1) is 20.5. The fraction of sp³-hybridized carbons (Fsp3) is 0.333. The van der Waals surface area contributed by atoms with E-state index in [-0.39, 0.29) is 11.8 Å². The van der Waals surface area contributed by atoms with E-state index in [0.717, 1.165) is 12.8 Å². The zero-order chi connectivity index (χ0) is 20.7. The largest absolute Gasteiger partial charge is 0.280 e. The molecule has 0 radical (unpaired) electrons. The van der Waals surface area contributed by atoms with Gasteiger partial charge in [-0.05, 0) is 48.4 Å². The normalized spacial score (nSPS) is 23.8.